The summed E-state index contributed by atoms with van der Waals surface area (Å²) in [7, 11) is 0. The van der Waals surface area contributed by atoms with E-state index in [1.54, 1.807) is 38.7 Å². The molecule has 0 N–H and O–H groups in total. The van der Waals surface area contributed by atoms with Gasteiger partial charge in [0.1, 0.15) is 11.4 Å². The molecule has 0 aromatic carbocycles. The molecule has 2 aromatic heterocycles. The molecule has 1 amide bonds. The Morgan fingerprint density at radius 1 is 1.14 bits per heavy atom. The Morgan fingerprint density at radius 3 is 2.38 bits per heavy atom. The molecule has 8 nitrogen and oxygen atoms in total. The van der Waals surface area contributed by atoms with Crippen molar-refractivity contribution in [1.29, 1.82) is 0 Å². The van der Waals surface area contributed by atoms with E-state index in [0.29, 0.717) is 24.6 Å². The Kier molecular flexibility index (Phi) is 5.12. The highest BCUT2D eigenvalue weighted by Gasteiger charge is 2.39. The average molecular weight is 414 g/mol. The number of piperazine rings is 1. The number of fused-ring (bicyclic) bond motifs is 1. The maximum Gasteiger partial charge on any atom is 0.453 e. The minimum Gasteiger partial charge on any atom is -0.444 e. The summed E-state index contributed by atoms with van der Waals surface area (Å²) in [5, 5.41) is 3.63. The standard InChI is InChI=1S/C18H25F3N6O2/c1-10-9-13(27-15(22-10)23-14(24-27)18(19,20)21)25-7-8-26(12(3)11(25)2)16(28)29-17(4,5)6/h9,11-12H,7-8H2,1-6H3/t11-,12+/m0/s1. The van der Waals surface area contributed by atoms with Crippen molar-refractivity contribution < 1.29 is 22.7 Å². The van der Waals surface area contributed by atoms with E-state index in [-0.39, 0.29) is 17.9 Å². The molecule has 1 aliphatic heterocycles. The SMILES string of the molecule is Cc1cc(N2CCN(C(=O)OC(C)(C)C)[C@H](C)[C@@H]2C)n2nc(C(F)(F)F)nc2n1. The van der Waals surface area contributed by atoms with Crippen LogP contribution in [0.4, 0.5) is 23.8 Å². The minimum atomic E-state index is -4.66. The predicted octanol–water partition coefficient (Wildman–Crippen LogP) is 3.29. The summed E-state index contributed by atoms with van der Waals surface area (Å²) in [6.07, 6.45) is -5.07. The van der Waals surface area contributed by atoms with Gasteiger partial charge >= 0.3 is 12.3 Å². The second-order valence-electron chi connectivity index (χ2n) is 8.25. The summed E-state index contributed by atoms with van der Waals surface area (Å²) in [6.45, 7) is 11.7. The summed E-state index contributed by atoms with van der Waals surface area (Å²) in [4.78, 5) is 23.7. The third-order valence-electron chi connectivity index (χ3n) is 4.86. The normalized spacial score (nSPS) is 21.0. The fourth-order valence-corrected chi connectivity index (χ4v) is 3.34. The van der Waals surface area contributed by atoms with Crippen molar-refractivity contribution >= 4 is 17.7 Å². The molecule has 0 saturated carbocycles. The quantitative estimate of drug-likeness (QED) is 0.713. The largest absolute Gasteiger partial charge is 0.453 e. The van der Waals surface area contributed by atoms with Gasteiger partial charge in [0.05, 0.1) is 6.04 Å². The number of anilines is 1. The van der Waals surface area contributed by atoms with E-state index in [9.17, 15) is 18.0 Å². The molecule has 160 valence electrons. The lowest BCUT2D eigenvalue weighted by Crippen LogP contribution is -2.60. The molecule has 0 unspecified atom stereocenters. The number of rotatable bonds is 1. The van der Waals surface area contributed by atoms with Crippen LogP contribution < -0.4 is 4.90 Å². The highest BCUT2D eigenvalue weighted by Crippen LogP contribution is 2.30. The number of amides is 1. The van der Waals surface area contributed by atoms with Gasteiger partial charge in [0.15, 0.2) is 0 Å². The zero-order valence-corrected chi connectivity index (χ0v) is 17.3. The van der Waals surface area contributed by atoms with E-state index in [1.807, 2.05) is 18.7 Å². The Balaban J connectivity index is 1.93. The van der Waals surface area contributed by atoms with Gasteiger partial charge in [0.2, 0.25) is 0 Å². The van der Waals surface area contributed by atoms with Crippen LogP contribution in [-0.4, -0.2) is 61.3 Å². The van der Waals surface area contributed by atoms with E-state index in [1.165, 1.54) is 0 Å². The first-order chi connectivity index (χ1) is 13.3. The highest BCUT2D eigenvalue weighted by molar-refractivity contribution is 5.69. The molecule has 1 saturated heterocycles. The molecule has 0 bridgehead atoms. The predicted molar refractivity (Wildman–Crippen MR) is 99.7 cm³/mol. The second-order valence-corrected chi connectivity index (χ2v) is 8.25. The van der Waals surface area contributed by atoms with E-state index >= 15 is 0 Å². The van der Waals surface area contributed by atoms with Crippen LogP contribution in [0.25, 0.3) is 5.78 Å². The molecule has 0 radical (unpaired) electrons. The maximum absolute atomic E-state index is 13.1. The van der Waals surface area contributed by atoms with E-state index in [2.05, 4.69) is 15.1 Å². The van der Waals surface area contributed by atoms with Gasteiger partial charge in [-0.2, -0.15) is 22.7 Å². The molecular weight excluding hydrogens is 389 g/mol. The summed E-state index contributed by atoms with van der Waals surface area (Å²) < 4.78 is 45.8. The number of nitrogens with zero attached hydrogens (tertiary/aromatic N) is 6. The fourth-order valence-electron chi connectivity index (χ4n) is 3.34. The van der Waals surface area contributed by atoms with Crippen LogP contribution in [0.5, 0.6) is 0 Å². The number of alkyl halides is 3. The first-order valence-electron chi connectivity index (χ1n) is 9.36. The fraction of sp³-hybridized carbons (Fsp3) is 0.667. The van der Waals surface area contributed by atoms with Gasteiger partial charge in [-0.3, -0.25) is 0 Å². The Labute approximate surface area is 166 Å². The zero-order valence-electron chi connectivity index (χ0n) is 17.3. The van der Waals surface area contributed by atoms with Gasteiger partial charge in [0.25, 0.3) is 11.6 Å². The molecule has 1 fully saturated rings. The van der Waals surface area contributed by atoms with Crippen LogP contribution in [0.3, 0.4) is 0 Å². The van der Waals surface area contributed by atoms with Gasteiger partial charge in [0, 0.05) is 30.9 Å². The minimum absolute atomic E-state index is 0.109. The van der Waals surface area contributed by atoms with Gasteiger partial charge < -0.3 is 14.5 Å². The molecule has 11 heteroatoms. The molecule has 3 rings (SSSR count). The van der Waals surface area contributed by atoms with Gasteiger partial charge in [-0.25, -0.2) is 9.78 Å². The van der Waals surface area contributed by atoms with E-state index < -0.39 is 23.7 Å². The lowest BCUT2D eigenvalue weighted by Gasteiger charge is -2.45. The van der Waals surface area contributed by atoms with Crippen LogP contribution in [0.1, 0.15) is 46.1 Å². The van der Waals surface area contributed by atoms with Crippen LogP contribution in [0, 0.1) is 6.92 Å². The van der Waals surface area contributed by atoms with Gasteiger partial charge in [-0.05, 0) is 41.5 Å². The molecule has 0 spiro atoms. The number of hydrogen-bond donors (Lipinski definition) is 0. The number of carbonyl (C=O) groups is 1. The molecule has 0 aliphatic carbocycles. The molecule has 2 aromatic rings. The highest BCUT2D eigenvalue weighted by atomic mass is 19.4. The molecule has 2 atom stereocenters. The number of ether oxygens (including phenoxy) is 1. The Hall–Kier alpha value is -2.59. The maximum atomic E-state index is 13.1. The zero-order chi connectivity index (χ0) is 21.7. The third-order valence-corrected chi connectivity index (χ3v) is 4.86. The summed E-state index contributed by atoms with van der Waals surface area (Å²) >= 11 is 0. The Bertz CT molecular complexity index is 921. The van der Waals surface area contributed by atoms with Crippen molar-refractivity contribution in [2.24, 2.45) is 0 Å². The third kappa shape index (κ3) is 4.23. The topological polar surface area (TPSA) is 75.9 Å². The molecule has 29 heavy (non-hydrogen) atoms. The molecule has 3 heterocycles. The lowest BCUT2D eigenvalue weighted by molar-refractivity contribution is -0.144. The number of aromatic nitrogens is 4. The second kappa shape index (κ2) is 7.03. The van der Waals surface area contributed by atoms with Crippen LogP contribution in [0.15, 0.2) is 6.07 Å². The molecule has 1 aliphatic rings. The van der Waals surface area contributed by atoms with E-state index in [4.69, 9.17) is 4.74 Å². The van der Waals surface area contributed by atoms with Gasteiger partial charge in [-0.1, -0.05) is 0 Å². The van der Waals surface area contributed by atoms with Crippen molar-refractivity contribution in [3.8, 4) is 0 Å². The Morgan fingerprint density at radius 2 is 1.79 bits per heavy atom. The van der Waals surface area contributed by atoms with Crippen molar-refractivity contribution in [3.63, 3.8) is 0 Å². The van der Waals surface area contributed by atoms with Crippen molar-refractivity contribution in [3.05, 3.63) is 17.6 Å². The summed E-state index contributed by atoms with van der Waals surface area (Å²) in [5.41, 5.74) is -0.0802. The lowest BCUT2D eigenvalue weighted by atomic mass is 10.1. The van der Waals surface area contributed by atoms with Crippen LogP contribution in [-0.2, 0) is 10.9 Å². The number of aryl methyl sites for hydroxylation is 1. The van der Waals surface area contributed by atoms with Crippen molar-refractivity contribution in [2.45, 2.75) is 65.4 Å². The summed E-state index contributed by atoms with van der Waals surface area (Å²) in [5.74, 6) is -0.884. The first-order valence-corrected chi connectivity index (χ1v) is 9.36. The van der Waals surface area contributed by atoms with Crippen molar-refractivity contribution in [2.75, 3.05) is 18.0 Å². The number of halogens is 3. The molecular formula is C18H25F3N6O2. The summed E-state index contributed by atoms with van der Waals surface area (Å²) in [6, 6.07) is 1.25. The monoisotopic (exact) mass is 414 g/mol. The average Bonchev–Trinajstić information content (AvgIpc) is 2.99. The van der Waals surface area contributed by atoms with E-state index in [0.717, 1.165) is 4.52 Å². The first kappa shape index (κ1) is 21.1. The van der Waals surface area contributed by atoms with Crippen molar-refractivity contribution in [1.82, 2.24) is 24.5 Å². The van der Waals surface area contributed by atoms with Crippen LogP contribution >= 0.6 is 0 Å². The van der Waals surface area contributed by atoms with Gasteiger partial charge in [-0.15, -0.1) is 5.10 Å². The number of hydrogen-bond acceptors (Lipinski definition) is 6. The smallest absolute Gasteiger partial charge is 0.444 e. The van der Waals surface area contributed by atoms with Crippen LogP contribution in [0.2, 0.25) is 0 Å². The number of carbonyl (C=O) groups excluding carboxylic acids is 1.